The van der Waals surface area contributed by atoms with Gasteiger partial charge in [-0.2, -0.15) is 0 Å². The second-order valence-electron chi connectivity index (χ2n) is 12.4. The van der Waals surface area contributed by atoms with E-state index < -0.39 is 0 Å². The van der Waals surface area contributed by atoms with Crippen LogP contribution >= 0.6 is 0 Å². The monoisotopic (exact) mass is 611 g/mol. The molecule has 0 spiro atoms. The van der Waals surface area contributed by atoms with Crippen LogP contribution in [-0.4, -0.2) is 61.6 Å². The highest BCUT2D eigenvalue weighted by Gasteiger charge is 2.34. The van der Waals surface area contributed by atoms with Crippen molar-refractivity contribution in [1.82, 2.24) is 4.90 Å². The number of methoxy groups -OCH3 is 1. The number of rotatable bonds is 8. The zero-order chi connectivity index (χ0) is 31.5. The summed E-state index contributed by atoms with van der Waals surface area (Å²) in [6, 6.07) is 20.4. The number of aryl methyl sites for hydroxylation is 1. The van der Waals surface area contributed by atoms with E-state index in [0.29, 0.717) is 24.8 Å². The third-order valence-electron chi connectivity index (χ3n) is 9.82. The van der Waals surface area contributed by atoms with Crippen LogP contribution in [0.25, 0.3) is 0 Å². The van der Waals surface area contributed by atoms with Gasteiger partial charge in [-0.1, -0.05) is 12.1 Å². The van der Waals surface area contributed by atoms with Crippen molar-refractivity contribution >= 4 is 34.7 Å². The highest BCUT2D eigenvalue weighted by molar-refractivity contribution is 6.06. The van der Waals surface area contributed by atoms with Crippen molar-refractivity contribution in [2.24, 2.45) is 11.8 Å². The molecule has 0 aromatic heterocycles. The lowest BCUT2D eigenvalue weighted by molar-refractivity contribution is -0.384. The summed E-state index contributed by atoms with van der Waals surface area (Å²) < 4.78 is 5.23. The summed E-state index contributed by atoms with van der Waals surface area (Å²) in [6.45, 7) is 6.66. The van der Waals surface area contributed by atoms with Crippen molar-refractivity contribution in [3.8, 4) is 5.75 Å². The SMILES string of the molecule is COc1ccc(CN2C(=O)CCN(c3ccc(N4CCC(C5CCN(c6ccc([N+](=O)[O-])cc6)CC5)CC4)cc3C)C2=O)cc1. The van der Waals surface area contributed by atoms with E-state index in [1.54, 1.807) is 24.1 Å². The number of benzene rings is 3. The number of urea groups is 1. The van der Waals surface area contributed by atoms with Crippen molar-refractivity contribution in [3.05, 3.63) is 88.0 Å². The molecule has 10 nitrogen and oxygen atoms in total. The molecule has 45 heavy (non-hydrogen) atoms. The Hall–Kier alpha value is -4.60. The summed E-state index contributed by atoms with van der Waals surface area (Å²) in [6.07, 6.45) is 4.92. The van der Waals surface area contributed by atoms with Crippen molar-refractivity contribution in [2.45, 2.75) is 45.6 Å². The molecule has 0 radical (unpaired) electrons. The first-order valence-corrected chi connectivity index (χ1v) is 15.9. The molecule has 3 heterocycles. The number of hydrogen-bond acceptors (Lipinski definition) is 7. The average molecular weight is 612 g/mol. The van der Waals surface area contributed by atoms with E-state index in [1.807, 2.05) is 49.4 Å². The van der Waals surface area contributed by atoms with E-state index >= 15 is 0 Å². The van der Waals surface area contributed by atoms with Gasteiger partial charge in [0.05, 0.1) is 18.6 Å². The fourth-order valence-electron chi connectivity index (χ4n) is 7.17. The van der Waals surface area contributed by atoms with Gasteiger partial charge in [0.15, 0.2) is 0 Å². The molecule has 3 aromatic rings. The molecule has 10 heteroatoms. The van der Waals surface area contributed by atoms with Crippen molar-refractivity contribution in [2.75, 3.05) is 54.5 Å². The second kappa shape index (κ2) is 13.2. The number of anilines is 3. The summed E-state index contributed by atoms with van der Waals surface area (Å²) in [7, 11) is 1.61. The van der Waals surface area contributed by atoms with Gasteiger partial charge in [-0.05, 0) is 98.0 Å². The van der Waals surface area contributed by atoms with Crippen molar-refractivity contribution in [3.63, 3.8) is 0 Å². The van der Waals surface area contributed by atoms with E-state index in [2.05, 4.69) is 21.9 Å². The summed E-state index contributed by atoms with van der Waals surface area (Å²) >= 11 is 0. The molecule has 3 aromatic carbocycles. The molecule has 0 bridgehead atoms. The molecule has 3 fully saturated rings. The first-order chi connectivity index (χ1) is 21.8. The number of imide groups is 1. The maximum atomic E-state index is 13.5. The van der Waals surface area contributed by atoms with Crippen molar-refractivity contribution in [1.29, 1.82) is 0 Å². The summed E-state index contributed by atoms with van der Waals surface area (Å²) in [4.78, 5) is 44.7. The van der Waals surface area contributed by atoms with Crippen LogP contribution in [0.15, 0.2) is 66.7 Å². The molecular formula is C35H41N5O5. The lowest BCUT2D eigenvalue weighted by atomic mass is 9.78. The number of hydrogen-bond donors (Lipinski definition) is 0. The molecule has 3 aliphatic rings. The number of piperidine rings is 2. The first-order valence-electron chi connectivity index (χ1n) is 15.9. The minimum Gasteiger partial charge on any atom is -0.497 e. The van der Waals surface area contributed by atoms with E-state index in [0.717, 1.165) is 80.1 Å². The van der Waals surface area contributed by atoms with E-state index in [1.165, 1.54) is 10.6 Å². The molecule has 0 saturated carbocycles. The number of amides is 3. The Kier molecular flexibility index (Phi) is 8.91. The van der Waals surface area contributed by atoms with E-state index in [-0.39, 0.29) is 29.1 Å². The van der Waals surface area contributed by atoms with Gasteiger partial charge < -0.3 is 14.5 Å². The number of nitro groups is 1. The predicted octanol–water partition coefficient (Wildman–Crippen LogP) is 6.40. The summed E-state index contributed by atoms with van der Waals surface area (Å²) in [5.41, 5.74) is 5.14. The van der Waals surface area contributed by atoms with Gasteiger partial charge in [0.1, 0.15) is 5.75 Å². The van der Waals surface area contributed by atoms with Gasteiger partial charge in [0.25, 0.3) is 5.69 Å². The fraction of sp³-hybridized carbons (Fsp3) is 0.429. The molecule has 0 atom stereocenters. The number of carbonyl (C=O) groups excluding carboxylic acids is 2. The standard InChI is InChI=1S/C35H41N5O5/c1-25-23-31(9-12-33(25)38-22-17-34(41)39(35(38)42)24-26-3-10-32(45-2)11-4-26)37-20-15-28(16-21-37)27-13-18-36(19-14-27)29-5-7-30(8-6-29)40(43)44/h3-12,23,27-28H,13-22,24H2,1-2H3. The molecular weight excluding hydrogens is 570 g/mol. The number of non-ortho nitro benzene ring substituents is 1. The van der Waals surface area contributed by atoms with E-state index in [4.69, 9.17) is 4.74 Å². The fourth-order valence-corrected chi connectivity index (χ4v) is 7.17. The normalized spacial score (nSPS) is 18.4. The Morgan fingerprint density at radius 1 is 0.800 bits per heavy atom. The average Bonchev–Trinajstić information content (AvgIpc) is 3.07. The van der Waals surface area contributed by atoms with Crippen LogP contribution in [-0.2, 0) is 11.3 Å². The van der Waals surface area contributed by atoms with Crippen molar-refractivity contribution < 1.29 is 19.2 Å². The second-order valence-corrected chi connectivity index (χ2v) is 12.4. The minimum absolute atomic E-state index is 0.133. The van der Waals surface area contributed by atoms with Gasteiger partial charge in [0.2, 0.25) is 5.91 Å². The zero-order valence-corrected chi connectivity index (χ0v) is 26.1. The van der Waals surface area contributed by atoms with Crippen LogP contribution < -0.4 is 19.4 Å². The maximum Gasteiger partial charge on any atom is 0.331 e. The Morgan fingerprint density at radius 2 is 1.38 bits per heavy atom. The highest BCUT2D eigenvalue weighted by Crippen LogP contribution is 2.36. The van der Waals surface area contributed by atoms with Crippen LogP contribution in [0.4, 0.5) is 27.5 Å². The van der Waals surface area contributed by atoms with Gasteiger partial charge in [-0.15, -0.1) is 0 Å². The summed E-state index contributed by atoms with van der Waals surface area (Å²) in [5.74, 6) is 2.00. The maximum absolute atomic E-state index is 13.5. The molecule has 3 saturated heterocycles. The number of nitrogens with zero attached hydrogens (tertiary/aromatic N) is 5. The number of carbonyl (C=O) groups is 2. The van der Waals surface area contributed by atoms with Crippen LogP contribution in [0, 0.1) is 28.9 Å². The Balaban J connectivity index is 1.03. The van der Waals surface area contributed by atoms with Crippen LogP contribution in [0.2, 0.25) is 0 Å². The Bertz CT molecular complexity index is 1530. The van der Waals surface area contributed by atoms with E-state index in [9.17, 15) is 19.7 Å². The summed E-state index contributed by atoms with van der Waals surface area (Å²) in [5, 5.41) is 11.0. The molecule has 0 aliphatic carbocycles. The topological polar surface area (TPSA) is 99.5 Å². The molecule has 236 valence electrons. The highest BCUT2D eigenvalue weighted by atomic mass is 16.6. The Morgan fingerprint density at radius 3 is 1.93 bits per heavy atom. The van der Waals surface area contributed by atoms with Crippen LogP contribution in [0.3, 0.4) is 0 Å². The molecule has 3 aliphatic heterocycles. The van der Waals surface area contributed by atoms with Gasteiger partial charge in [-0.25, -0.2) is 4.79 Å². The quantitative estimate of drug-likeness (QED) is 0.215. The number of nitro benzene ring substituents is 1. The number of ether oxygens (including phenoxy) is 1. The largest absolute Gasteiger partial charge is 0.497 e. The molecule has 0 unspecified atom stereocenters. The molecule has 6 rings (SSSR count). The van der Waals surface area contributed by atoms with Crippen LogP contribution in [0.1, 0.15) is 43.2 Å². The Labute approximate surface area is 264 Å². The third kappa shape index (κ3) is 6.60. The van der Waals surface area contributed by atoms with Crippen LogP contribution in [0.5, 0.6) is 5.75 Å². The molecule has 3 amide bonds. The molecule has 0 N–H and O–H groups in total. The smallest absolute Gasteiger partial charge is 0.331 e. The minimum atomic E-state index is -0.351. The lowest BCUT2D eigenvalue weighted by Gasteiger charge is -2.41. The first kappa shape index (κ1) is 30.4. The third-order valence-corrected chi connectivity index (χ3v) is 9.82. The van der Waals surface area contributed by atoms with Gasteiger partial charge >= 0.3 is 6.03 Å². The van der Waals surface area contributed by atoms with Gasteiger partial charge in [0, 0.05) is 68.3 Å². The predicted molar refractivity (Wildman–Crippen MR) is 175 cm³/mol. The lowest BCUT2D eigenvalue weighted by Crippen LogP contribution is -2.52. The zero-order valence-electron chi connectivity index (χ0n) is 26.1. The van der Waals surface area contributed by atoms with Gasteiger partial charge in [-0.3, -0.25) is 24.7 Å².